The van der Waals surface area contributed by atoms with E-state index in [1.54, 1.807) is 6.92 Å². The minimum Gasteiger partial charge on any atom is -0.464 e. The Kier molecular flexibility index (Phi) is 5.60. The van der Waals surface area contributed by atoms with Gasteiger partial charge < -0.3 is 14.6 Å². The zero-order valence-corrected chi connectivity index (χ0v) is 11.9. The molecule has 1 aliphatic heterocycles. The van der Waals surface area contributed by atoms with E-state index < -0.39 is 11.6 Å². The van der Waals surface area contributed by atoms with Gasteiger partial charge >= 0.3 is 5.97 Å². The van der Waals surface area contributed by atoms with Crippen molar-refractivity contribution < 1.29 is 19.4 Å². The van der Waals surface area contributed by atoms with E-state index in [9.17, 15) is 9.90 Å². The maximum atomic E-state index is 12.1. The lowest BCUT2D eigenvalue weighted by atomic mass is 9.76. The summed E-state index contributed by atoms with van der Waals surface area (Å²) in [5, 5.41) is 10.7. The summed E-state index contributed by atoms with van der Waals surface area (Å²) in [7, 11) is 0. The maximum absolute atomic E-state index is 12.1. The van der Waals surface area contributed by atoms with Gasteiger partial charge in [0.15, 0.2) is 5.60 Å². The molecule has 1 saturated heterocycles. The van der Waals surface area contributed by atoms with Crippen LogP contribution in [-0.2, 0) is 14.3 Å². The fourth-order valence-corrected chi connectivity index (χ4v) is 2.91. The summed E-state index contributed by atoms with van der Waals surface area (Å²) in [5.41, 5.74) is -1.35. The number of hydrogen-bond donors (Lipinski definition) is 1. The Balaban J connectivity index is 2.85. The fraction of sp³-hybridized carbons (Fsp3) is 0.929. The first kappa shape index (κ1) is 15.4. The van der Waals surface area contributed by atoms with Crippen LogP contribution in [0.4, 0.5) is 0 Å². The van der Waals surface area contributed by atoms with Crippen LogP contribution in [0.2, 0.25) is 0 Å². The van der Waals surface area contributed by atoms with E-state index in [0.29, 0.717) is 25.9 Å². The first-order valence-corrected chi connectivity index (χ1v) is 6.99. The Hall–Kier alpha value is -0.610. The van der Waals surface area contributed by atoms with Crippen molar-refractivity contribution in [1.82, 2.24) is 0 Å². The van der Waals surface area contributed by atoms with E-state index in [0.717, 1.165) is 6.42 Å². The molecule has 18 heavy (non-hydrogen) atoms. The first-order chi connectivity index (χ1) is 8.43. The van der Waals surface area contributed by atoms with Crippen molar-refractivity contribution in [3.8, 4) is 0 Å². The van der Waals surface area contributed by atoms with Crippen molar-refractivity contribution >= 4 is 5.97 Å². The van der Waals surface area contributed by atoms with Crippen LogP contribution in [-0.4, -0.2) is 35.5 Å². The molecule has 1 rings (SSSR count). The van der Waals surface area contributed by atoms with E-state index in [-0.39, 0.29) is 18.1 Å². The monoisotopic (exact) mass is 258 g/mol. The van der Waals surface area contributed by atoms with Crippen LogP contribution >= 0.6 is 0 Å². The van der Waals surface area contributed by atoms with Crippen LogP contribution < -0.4 is 0 Å². The Morgan fingerprint density at radius 3 is 2.33 bits per heavy atom. The van der Waals surface area contributed by atoms with Crippen molar-refractivity contribution in [2.75, 3.05) is 6.61 Å². The molecule has 3 unspecified atom stereocenters. The van der Waals surface area contributed by atoms with Crippen molar-refractivity contribution in [2.24, 2.45) is 5.92 Å². The van der Waals surface area contributed by atoms with Gasteiger partial charge in [-0.25, -0.2) is 4.79 Å². The van der Waals surface area contributed by atoms with Gasteiger partial charge in [0, 0.05) is 5.92 Å². The van der Waals surface area contributed by atoms with Crippen LogP contribution in [0.5, 0.6) is 0 Å². The molecule has 0 aromatic heterocycles. The van der Waals surface area contributed by atoms with Gasteiger partial charge in [0.1, 0.15) is 0 Å². The first-order valence-electron chi connectivity index (χ1n) is 6.99. The normalized spacial score (nSPS) is 31.7. The molecular formula is C14H26O4. The van der Waals surface area contributed by atoms with Gasteiger partial charge in [0.2, 0.25) is 0 Å². The average molecular weight is 258 g/mol. The summed E-state index contributed by atoms with van der Waals surface area (Å²) < 4.78 is 10.7. The molecule has 0 aliphatic carbocycles. The summed E-state index contributed by atoms with van der Waals surface area (Å²) in [5.74, 6) is -0.548. The van der Waals surface area contributed by atoms with Gasteiger partial charge in [0.25, 0.3) is 0 Å². The van der Waals surface area contributed by atoms with Crippen molar-refractivity contribution in [2.45, 2.75) is 71.2 Å². The Bertz CT molecular complexity index is 269. The topological polar surface area (TPSA) is 55.8 Å². The van der Waals surface area contributed by atoms with Gasteiger partial charge in [-0.2, -0.15) is 0 Å². The maximum Gasteiger partial charge on any atom is 0.338 e. The molecule has 1 aliphatic rings. The summed E-state index contributed by atoms with van der Waals surface area (Å²) >= 11 is 0. The molecule has 4 heteroatoms. The van der Waals surface area contributed by atoms with Gasteiger partial charge in [-0.1, -0.05) is 13.3 Å². The molecule has 1 heterocycles. The van der Waals surface area contributed by atoms with Crippen LogP contribution in [0.1, 0.15) is 53.4 Å². The van der Waals surface area contributed by atoms with Crippen molar-refractivity contribution in [3.05, 3.63) is 0 Å². The molecule has 1 fully saturated rings. The predicted molar refractivity (Wildman–Crippen MR) is 69.2 cm³/mol. The zero-order valence-electron chi connectivity index (χ0n) is 11.9. The van der Waals surface area contributed by atoms with Crippen molar-refractivity contribution in [1.29, 1.82) is 0 Å². The Labute approximate surface area is 110 Å². The third-order valence-electron chi connectivity index (χ3n) is 3.63. The number of aliphatic hydroxyl groups is 1. The minimum absolute atomic E-state index is 0.0738. The summed E-state index contributed by atoms with van der Waals surface area (Å²) in [6.07, 6.45) is 2.79. The van der Waals surface area contributed by atoms with E-state index in [1.165, 1.54) is 0 Å². The highest BCUT2D eigenvalue weighted by Gasteiger charge is 2.47. The highest BCUT2D eigenvalue weighted by atomic mass is 16.5. The number of esters is 1. The van der Waals surface area contributed by atoms with Gasteiger partial charge in [-0.05, 0) is 40.0 Å². The minimum atomic E-state index is -1.35. The van der Waals surface area contributed by atoms with Crippen LogP contribution in [0, 0.1) is 5.92 Å². The Morgan fingerprint density at radius 2 is 1.89 bits per heavy atom. The van der Waals surface area contributed by atoms with Gasteiger partial charge in [-0.3, -0.25) is 0 Å². The van der Waals surface area contributed by atoms with Gasteiger partial charge in [0.05, 0.1) is 18.8 Å². The SMILES string of the molecule is CCCC(O)(C(=O)OCC)C1CC(C)OC(C)C1. The molecule has 0 saturated carbocycles. The molecule has 0 aromatic carbocycles. The largest absolute Gasteiger partial charge is 0.464 e. The van der Waals surface area contributed by atoms with Crippen LogP contribution in [0.3, 0.4) is 0 Å². The number of hydrogen-bond acceptors (Lipinski definition) is 4. The smallest absolute Gasteiger partial charge is 0.338 e. The lowest BCUT2D eigenvalue weighted by molar-refractivity contribution is -0.182. The average Bonchev–Trinajstić information content (AvgIpc) is 2.28. The molecule has 0 bridgehead atoms. The standard InChI is InChI=1S/C14H26O4/c1-5-7-14(16,13(15)17-6-2)12-8-10(3)18-11(4)9-12/h10-12,16H,5-9H2,1-4H3. The molecule has 0 amide bonds. The lowest BCUT2D eigenvalue weighted by Crippen LogP contribution is -2.51. The molecule has 4 nitrogen and oxygen atoms in total. The van der Waals surface area contributed by atoms with E-state index in [4.69, 9.17) is 9.47 Å². The second kappa shape index (κ2) is 6.53. The Morgan fingerprint density at radius 1 is 1.33 bits per heavy atom. The second-order valence-corrected chi connectivity index (χ2v) is 5.32. The number of rotatable bonds is 5. The highest BCUT2D eigenvalue weighted by Crippen LogP contribution is 2.36. The molecule has 0 aromatic rings. The lowest BCUT2D eigenvalue weighted by Gasteiger charge is -2.40. The summed E-state index contributed by atoms with van der Waals surface area (Å²) in [4.78, 5) is 12.1. The molecule has 1 N–H and O–H groups in total. The molecule has 0 radical (unpaired) electrons. The summed E-state index contributed by atoms with van der Waals surface area (Å²) in [6.45, 7) is 8.01. The van der Waals surface area contributed by atoms with Crippen LogP contribution in [0.15, 0.2) is 0 Å². The molecule has 106 valence electrons. The molecule has 3 atom stereocenters. The predicted octanol–water partition coefficient (Wildman–Crippen LogP) is 2.28. The fourth-order valence-electron chi connectivity index (χ4n) is 2.91. The third-order valence-corrected chi connectivity index (χ3v) is 3.63. The number of ether oxygens (including phenoxy) is 2. The second-order valence-electron chi connectivity index (χ2n) is 5.32. The highest BCUT2D eigenvalue weighted by molar-refractivity contribution is 5.79. The van der Waals surface area contributed by atoms with E-state index >= 15 is 0 Å². The quantitative estimate of drug-likeness (QED) is 0.769. The van der Waals surface area contributed by atoms with E-state index in [1.807, 2.05) is 20.8 Å². The number of carbonyl (C=O) groups is 1. The zero-order chi connectivity index (χ0) is 13.8. The molecule has 0 spiro atoms. The van der Waals surface area contributed by atoms with Gasteiger partial charge in [-0.15, -0.1) is 0 Å². The summed E-state index contributed by atoms with van der Waals surface area (Å²) in [6, 6.07) is 0. The van der Waals surface area contributed by atoms with E-state index in [2.05, 4.69) is 0 Å². The molecular weight excluding hydrogens is 232 g/mol. The third kappa shape index (κ3) is 3.45. The van der Waals surface area contributed by atoms with Crippen LogP contribution in [0.25, 0.3) is 0 Å². The van der Waals surface area contributed by atoms with Crippen molar-refractivity contribution in [3.63, 3.8) is 0 Å². The number of carbonyl (C=O) groups excluding carboxylic acids is 1.